The van der Waals surface area contributed by atoms with Gasteiger partial charge in [0.05, 0.1) is 0 Å². The molecule has 1 aliphatic heterocycles. The quantitative estimate of drug-likeness (QED) is 0.720. The molecule has 1 amide bonds. The van der Waals surface area contributed by atoms with Crippen LogP contribution in [0, 0.1) is 0 Å². The number of amides is 1. The van der Waals surface area contributed by atoms with Gasteiger partial charge in [-0.2, -0.15) is 0 Å². The Kier molecular flexibility index (Phi) is 2.04. The minimum absolute atomic E-state index is 0.191. The largest absolute Gasteiger partial charge is 0.454 e. The van der Waals surface area contributed by atoms with Crippen molar-refractivity contribution in [2.75, 3.05) is 6.79 Å². The van der Waals surface area contributed by atoms with Crippen molar-refractivity contribution in [2.45, 2.75) is 12.5 Å². The van der Waals surface area contributed by atoms with Crippen molar-refractivity contribution in [3.63, 3.8) is 0 Å². The van der Waals surface area contributed by atoms with Gasteiger partial charge >= 0.3 is 0 Å². The number of carbonyl (C=O) groups excluding carboxylic acids is 1. The smallest absolute Gasteiger partial charge is 0.241 e. The van der Waals surface area contributed by atoms with Gasteiger partial charge in [0.2, 0.25) is 12.7 Å². The minimum Gasteiger partial charge on any atom is -0.454 e. The van der Waals surface area contributed by atoms with Crippen LogP contribution in [-0.4, -0.2) is 12.7 Å². The monoisotopic (exact) mass is 208 g/mol. The molecule has 5 heteroatoms. The number of hydrogen-bond donors (Lipinski definition) is 2. The number of primary amides is 1. The first-order valence-electron chi connectivity index (χ1n) is 4.51. The summed E-state index contributed by atoms with van der Waals surface area (Å²) in [5, 5.41) is 0. The Balaban J connectivity index is 2.42. The second-order valence-electron chi connectivity index (χ2n) is 3.63. The summed E-state index contributed by atoms with van der Waals surface area (Å²) in [4.78, 5) is 11.1. The number of carbonyl (C=O) groups is 1. The molecule has 1 aromatic carbocycles. The molecule has 0 saturated carbocycles. The summed E-state index contributed by atoms with van der Waals surface area (Å²) in [6, 6.07) is 5.09. The molecule has 2 rings (SSSR count). The van der Waals surface area contributed by atoms with Crippen molar-refractivity contribution >= 4 is 5.91 Å². The molecule has 1 atom stereocenters. The summed E-state index contributed by atoms with van der Waals surface area (Å²) in [5.41, 5.74) is 10.4. The zero-order valence-electron chi connectivity index (χ0n) is 8.32. The normalized spacial score (nSPS) is 17.2. The molecule has 1 aliphatic rings. The van der Waals surface area contributed by atoms with Crippen LogP contribution in [0.3, 0.4) is 0 Å². The van der Waals surface area contributed by atoms with E-state index in [2.05, 4.69) is 0 Å². The van der Waals surface area contributed by atoms with Crippen molar-refractivity contribution in [1.82, 2.24) is 0 Å². The maximum absolute atomic E-state index is 11.1. The van der Waals surface area contributed by atoms with Crippen molar-refractivity contribution in [2.24, 2.45) is 11.5 Å². The molecule has 0 aromatic heterocycles. The topological polar surface area (TPSA) is 87.6 Å². The average Bonchev–Trinajstić information content (AvgIpc) is 2.63. The Hall–Kier alpha value is -1.75. The highest BCUT2D eigenvalue weighted by atomic mass is 16.7. The van der Waals surface area contributed by atoms with E-state index in [1.54, 1.807) is 25.1 Å². The number of nitrogens with two attached hydrogens (primary N) is 2. The van der Waals surface area contributed by atoms with Crippen molar-refractivity contribution in [1.29, 1.82) is 0 Å². The third-order valence-corrected chi connectivity index (χ3v) is 2.48. The average molecular weight is 208 g/mol. The van der Waals surface area contributed by atoms with Crippen LogP contribution in [0.4, 0.5) is 0 Å². The van der Waals surface area contributed by atoms with E-state index in [9.17, 15) is 4.79 Å². The Morgan fingerprint density at radius 3 is 2.73 bits per heavy atom. The lowest BCUT2D eigenvalue weighted by molar-refractivity contribution is -0.122. The molecule has 0 bridgehead atoms. The molecular formula is C10H12N2O3. The van der Waals surface area contributed by atoms with Gasteiger partial charge in [-0.15, -0.1) is 0 Å². The molecule has 15 heavy (non-hydrogen) atoms. The van der Waals surface area contributed by atoms with E-state index in [0.717, 1.165) is 0 Å². The first kappa shape index (κ1) is 9.79. The molecule has 0 spiro atoms. The molecular weight excluding hydrogens is 196 g/mol. The van der Waals surface area contributed by atoms with Gasteiger partial charge in [-0.1, -0.05) is 6.07 Å². The maximum atomic E-state index is 11.1. The van der Waals surface area contributed by atoms with Gasteiger partial charge in [-0.3, -0.25) is 4.79 Å². The lowest BCUT2D eigenvalue weighted by Crippen LogP contribution is -2.46. The minimum atomic E-state index is -1.19. The van der Waals surface area contributed by atoms with Gasteiger partial charge in [0.25, 0.3) is 0 Å². The number of rotatable bonds is 2. The molecule has 1 aromatic rings. The summed E-state index contributed by atoms with van der Waals surface area (Å²) in [6.07, 6.45) is 0. The lowest BCUT2D eigenvalue weighted by Gasteiger charge is -2.20. The first-order chi connectivity index (χ1) is 7.01. The van der Waals surface area contributed by atoms with Crippen molar-refractivity contribution < 1.29 is 14.3 Å². The molecule has 0 aliphatic carbocycles. The van der Waals surface area contributed by atoms with E-state index in [1.165, 1.54) is 0 Å². The van der Waals surface area contributed by atoms with E-state index < -0.39 is 11.4 Å². The Labute approximate surface area is 87.0 Å². The predicted molar refractivity (Wildman–Crippen MR) is 53.3 cm³/mol. The zero-order chi connectivity index (χ0) is 11.1. The molecule has 1 heterocycles. The molecule has 5 nitrogen and oxygen atoms in total. The molecule has 4 N–H and O–H groups in total. The highest BCUT2D eigenvalue weighted by Gasteiger charge is 2.29. The summed E-state index contributed by atoms with van der Waals surface area (Å²) < 4.78 is 10.3. The molecule has 1 unspecified atom stereocenters. The van der Waals surface area contributed by atoms with Gasteiger partial charge in [0.15, 0.2) is 11.5 Å². The molecule has 80 valence electrons. The molecule has 0 fully saturated rings. The summed E-state index contributed by atoms with van der Waals surface area (Å²) in [6.45, 7) is 1.75. The summed E-state index contributed by atoms with van der Waals surface area (Å²) in [7, 11) is 0. The number of fused-ring (bicyclic) bond motifs is 1. The third kappa shape index (κ3) is 1.50. The van der Waals surface area contributed by atoms with Crippen LogP contribution in [0.2, 0.25) is 0 Å². The van der Waals surface area contributed by atoms with Crippen LogP contribution in [0.1, 0.15) is 12.5 Å². The molecule has 0 radical (unpaired) electrons. The van der Waals surface area contributed by atoms with E-state index in [4.69, 9.17) is 20.9 Å². The van der Waals surface area contributed by atoms with E-state index in [-0.39, 0.29) is 6.79 Å². The van der Waals surface area contributed by atoms with Crippen LogP contribution in [0.25, 0.3) is 0 Å². The fourth-order valence-corrected chi connectivity index (χ4v) is 1.36. The highest BCUT2D eigenvalue weighted by molar-refractivity contribution is 5.85. The Morgan fingerprint density at radius 1 is 1.40 bits per heavy atom. The van der Waals surface area contributed by atoms with E-state index in [0.29, 0.717) is 17.1 Å². The zero-order valence-corrected chi connectivity index (χ0v) is 8.32. The van der Waals surface area contributed by atoms with Gasteiger partial charge < -0.3 is 20.9 Å². The Morgan fingerprint density at radius 2 is 2.07 bits per heavy atom. The van der Waals surface area contributed by atoms with Gasteiger partial charge in [-0.05, 0) is 24.6 Å². The lowest BCUT2D eigenvalue weighted by atomic mass is 9.92. The number of benzene rings is 1. The van der Waals surface area contributed by atoms with Crippen LogP contribution < -0.4 is 20.9 Å². The van der Waals surface area contributed by atoms with Crippen molar-refractivity contribution in [3.8, 4) is 11.5 Å². The van der Waals surface area contributed by atoms with Gasteiger partial charge in [0.1, 0.15) is 5.54 Å². The summed E-state index contributed by atoms with van der Waals surface area (Å²) in [5.74, 6) is 0.658. The molecule has 0 saturated heterocycles. The van der Waals surface area contributed by atoms with Gasteiger partial charge in [0, 0.05) is 0 Å². The van der Waals surface area contributed by atoms with Crippen molar-refractivity contribution in [3.05, 3.63) is 23.8 Å². The van der Waals surface area contributed by atoms with Crippen LogP contribution in [-0.2, 0) is 10.3 Å². The van der Waals surface area contributed by atoms with Crippen LogP contribution in [0.5, 0.6) is 11.5 Å². The predicted octanol–water partition coefficient (Wildman–Crippen LogP) is 0.0745. The SMILES string of the molecule is CC(N)(C(N)=O)c1ccc2c(c1)OCO2. The van der Waals surface area contributed by atoms with Crippen LogP contribution >= 0.6 is 0 Å². The maximum Gasteiger partial charge on any atom is 0.241 e. The second-order valence-corrected chi connectivity index (χ2v) is 3.63. The van der Waals surface area contributed by atoms with Gasteiger partial charge in [-0.25, -0.2) is 0 Å². The first-order valence-corrected chi connectivity index (χ1v) is 4.51. The number of hydrogen-bond acceptors (Lipinski definition) is 4. The van der Waals surface area contributed by atoms with E-state index in [1.807, 2.05) is 0 Å². The highest BCUT2D eigenvalue weighted by Crippen LogP contribution is 2.34. The second kappa shape index (κ2) is 3.13. The Bertz CT molecular complexity index is 415. The standard InChI is InChI=1S/C10H12N2O3/c1-10(12,9(11)13)6-2-3-7-8(4-6)15-5-14-7/h2-4H,5,12H2,1H3,(H2,11,13). The van der Waals surface area contributed by atoms with E-state index >= 15 is 0 Å². The third-order valence-electron chi connectivity index (χ3n) is 2.48. The van der Waals surface area contributed by atoms with Crippen LogP contribution in [0.15, 0.2) is 18.2 Å². The fourth-order valence-electron chi connectivity index (χ4n) is 1.36. The summed E-state index contributed by atoms with van der Waals surface area (Å²) >= 11 is 0. The fraction of sp³-hybridized carbons (Fsp3) is 0.300. The number of ether oxygens (including phenoxy) is 2.